The summed E-state index contributed by atoms with van der Waals surface area (Å²) in [6.45, 7) is 4.97. The molecule has 0 spiro atoms. The normalized spacial score (nSPS) is 9.42. The molecule has 3 heteroatoms. The predicted octanol–water partition coefficient (Wildman–Crippen LogP) is 1.11. The minimum absolute atomic E-state index is 0.0439. The molecule has 0 rings (SSSR count). The first-order valence-electron chi connectivity index (χ1n) is 4.17. The molecule has 0 aliphatic heterocycles. The van der Waals surface area contributed by atoms with E-state index in [9.17, 15) is 4.79 Å². The van der Waals surface area contributed by atoms with E-state index >= 15 is 0 Å². The Morgan fingerprint density at radius 2 is 2.33 bits per heavy atom. The Bertz CT molecular complexity index is 134. The van der Waals surface area contributed by atoms with Gasteiger partial charge in [0.1, 0.15) is 0 Å². The summed E-state index contributed by atoms with van der Waals surface area (Å²) in [6, 6.07) is 0. The first-order chi connectivity index (χ1) is 5.81. The molecule has 0 aromatic heterocycles. The highest BCUT2D eigenvalue weighted by Crippen LogP contribution is 1.87. The standard InChI is InChI=1S/C9H17NO2/c1-3-6-9(11)10-7-4-5-8-12-2/h3H,1,4-8H2,2H3,(H,10,11). The van der Waals surface area contributed by atoms with E-state index in [0.29, 0.717) is 6.42 Å². The molecule has 1 N–H and O–H groups in total. The Balaban J connectivity index is 3.08. The third-order valence-corrected chi connectivity index (χ3v) is 1.43. The van der Waals surface area contributed by atoms with E-state index in [4.69, 9.17) is 4.74 Å². The molecule has 0 aliphatic carbocycles. The Labute approximate surface area is 73.8 Å². The summed E-state index contributed by atoms with van der Waals surface area (Å²) in [5, 5.41) is 2.78. The fourth-order valence-electron chi connectivity index (χ4n) is 0.802. The minimum Gasteiger partial charge on any atom is -0.385 e. The highest BCUT2D eigenvalue weighted by molar-refractivity contribution is 5.77. The van der Waals surface area contributed by atoms with Crippen LogP contribution in [0.1, 0.15) is 19.3 Å². The fourth-order valence-corrected chi connectivity index (χ4v) is 0.802. The number of carbonyl (C=O) groups is 1. The lowest BCUT2D eigenvalue weighted by atomic mass is 10.3. The molecule has 0 radical (unpaired) electrons. The average Bonchev–Trinajstić information content (AvgIpc) is 2.05. The molecule has 70 valence electrons. The van der Waals surface area contributed by atoms with Gasteiger partial charge >= 0.3 is 0 Å². The summed E-state index contributed by atoms with van der Waals surface area (Å²) in [5.41, 5.74) is 0. The van der Waals surface area contributed by atoms with E-state index in [2.05, 4.69) is 11.9 Å². The van der Waals surface area contributed by atoms with Crippen molar-refractivity contribution in [3.05, 3.63) is 12.7 Å². The first-order valence-corrected chi connectivity index (χ1v) is 4.17. The van der Waals surface area contributed by atoms with Gasteiger partial charge in [-0.1, -0.05) is 6.08 Å². The summed E-state index contributed by atoms with van der Waals surface area (Å²) < 4.78 is 4.87. The molecule has 0 fully saturated rings. The lowest BCUT2D eigenvalue weighted by molar-refractivity contribution is -0.120. The van der Waals surface area contributed by atoms with Crippen molar-refractivity contribution in [2.24, 2.45) is 0 Å². The number of carbonyl (C=O) groups excluding carboxylic acids is 1. The Kier molecular flexibility index (Phi) is 7.70. The second-order valence-corrected chi connectivity index (χ2v) is 2.54. The zero-order valence-corrected chi connectivity index (χ0v) is 7.64. The van der Waals surface area contributed by atoms with Crippen LogP contribution in [0, 0.1) is 0 Å². The van der Waals surface area contributed by atoms with Crippen LogP contribution in [-0.4, -0.2) is 26.2 Å². The van der Waals surface area contributed by atoms with E-state index in [-0.39, 0.29) is 5.91 Å². The number of ether oxygens (including phenoxy) is 1. The summed E-state index contributed by atoms with van der Waals surface area (Å²) in [4.78, 5) is 10.9. The third kappa shape index (κ3) is 7.28. The zero-order chi connectivity index (χ0) is 9.23. The van der Waals surface area contributed by atoms with Gasteiger partial charge in [-0.15, -0.1) is 6.58 Å². The van der Waals surface area contributed by atoms with Crippen LogP contribution < -0.4 is 5.32 Å². The molecule has 0 unspecified atom stereocenters. The topological polar surface area (TPSA) is 38.3 Å². The maximum Gasteiger partial charge on any atom is 0.223 e. The van der Waals surface area contributed by atoms with E-state index in [0.717, 1.165) is 26.0 Å². The minimum atomic E-state index is 0.0439. The molecular weight excluding hydrogens is 154 g/mol. The maximum absolute atomic E-state index is 10.9. The van der Waals surface area contributed by atoms with Crippen LogP contribution in [0.25, 0.3) is 0 Å². The first kappa shape index (κ1) is 11.2. The lowest BCUT2D eigenvalue weighted by Gasteiger charge is -2.02. The van der Waals surface area contributed by atoms with Crippen molar-refractivity contribution < 1.29 is 9.53 Å². The highest BCUT2D eigenvalue weighted by atomic mass is 16.5. The van der Waals surface area contributed by atoms with Crippen LogP contribution in [0.4, 0.5) is 0 Å². The van der Waals surface area contributed by atoms with Gasteiger partial charge < -0.3 is 10.1 Å². The Morgan fingerprint density at radius 1 is 1.58 bits per heavy atom. The van der Waals surface area contributed by atoms with Gasteiger partial charge in [0.2, 0.25) is 5.91 Å². The quantitative estimate of drug-likeness (QED) is 0.460. The van der Waals surface area contributed by atoms with Crippen LogP contribution >= 0.6 is 0 Å². The van der Waals surface area contributed by atoms with Gasteiger partial charge in [-0.2, -0.15) is 0 Å². The molecule has 0 bridgehead atoms. The molecule has 0 heterocycles. The second kappa shape index (κ2) is 8.27. The van der Waals surface area contributed by atoms with Crippen molar-refractivity contribution >= 4 is 5.91 Å². The molecule has 0 aliphatic rings. The number of hydrogen-bond donors (Lipinski definition) is 1. The fraction of sp³-hybridized carbons (Fsp3) is 0.667. The van der Waals surface area contributed by atoms with Gasteiger partial charge in [0, 0.05) is 26.7 Å². The van der Waals surface area contributed by atoms with Crippen molar-refractivity contribution in [3.63, 3.8) is 0 Å². The van der Waals surface area contributed by atoms with Gasteiger partial charge in [0.05, 0.1) is 0 Å². The van der Waals surface area contributed by atoms with E-state index in [1.165, 1.54) is 0 Å². The number of unbranched alkanes of at least 4 members (excludes halogenated alkanes) is 1. The van der Waals surface area contributed by atoms with E-state index in [1.54, 1.807) is 13.2 Å². The maximum atomic E-state index is 10.9. The van der Waals surface area contributed by atoms with E-state index < -0.39 is 0 Å². The SMILES string of the molecule is C=CCC(=O)NCCCCOC. The Hall–Kier alpha value is -0.830. The Morgan fingerprint density at radius 3 is 2.92 bits per heavy atom. The zero-order valence-electron chi connectivity index (χ0n) is 7.64. The third-order valence-electron chi connectivity index (χ3n) is 1.43. The molecule has 0 atom stereocenters. The molecule has 0 aromatic rings. The molecule has 0 saturated heterocycles. The van der Waals surface area contributed by atoms with Crippen LogP contribution in [0.3, 0.4) is 0 Å². The van der Waals surface area contributed by atoms with Crippen molar-refractivity contribution in [2.45, 2.75) is 19.3 Å². The predicted molar refractivity (Wildman–Crippen MR) is 48.9 cm³/mol. The second-order valence-electron chi connectivity index (χ2n) is 2.54. The number of rotatable bonds is 7. The molecule has 0 saturated carbocycles. The van der Waals surface area contributed by atoms with Crippen molar-refractivity contribution in [2.75, 3.05) is 20.3 Å². The molecular formula is C9H17NO2. The largest absolute Gasteiger partial charge is 0.385 e. The van der Waals surface area contributed by atoms with Crippen LogP contribution in [0.15, 0.2) is 12.7 Å². The molecule has 3 nitrogen and oxygen atoms in total. The summed E-state index contributed by atoms with van der Waals surface area (Å²) in [6.07, 6.45) is 3.97. The van der Waals surface area contributed by atoms with Crippen LogP contribution in [0.5, 0.6) is 0 Å². The smallest absolute Gasteiger partial charge is 0.223 e. The number of hydrogen-bond acceptors (Lipinski definition) is 2. The number of amides is 1. The van der Waals surface area contributed by atoms with Crippen molar-refractivity contribution in [3.8, 4) is 0 Å². The summed E-state index contributed by atoms with van der Waals surface area (Å²) in [7, 11) is 1.68. The van der Waals surface area contributed by atoms with Crippen LogP contribution in [0.2, 0.25) is 0 Å². The monoisotopic (exact) mass is 171 g/mol. The van der Waals surface area contributed by atoms with Gasteiger partial charge in [-0.05, 0) is 12.8 Å². The number of methoxy groups -OCH3 is 1. The lowest BCUT2D eigenvalue weighted by Crippen LogP contribution is -2.23. The van der Waals surface area contributed by atoms with Gasteiger partial charge in [0.15, 0.2) is 0 Å². The van der Waals surface area contributed by atoms with Gasteiger partial charge in [-0.3, -0.25) is 4.79 Å². The summed E-state index contributed by atoms with van der Waals surface area (Å²) in [5.74, 6) is 0.0439. The average molecular weight is 171 g/mol. The molecule has 0 aromatic carbocycles. The summed E-state index contributed by atoms with van der Waals surface area (Å²) >= 11 is 0. The van der Waals surface area contributed by atoms with Crippen molar-refractivity contribution in [1.29, 1.82) is 0 Å². The van der Waals surface area contributed by atoms with Gasteiger partial charge in [-0.25, -0.2) is 0 Å². The molecule has 1 amide bonds. The van der Waals surface area contributed by atoms with E-state index in [1.807, 2.05) is 0 Å². The van der Waals surface area contributed by atoms with Crippen molar-refractivity contribution in [1.82, 2.24) is 5.32 Å². The highest BCUT2D eigenvalue weighted by Gasteiger charge is 1.95. The number of nitrogens with one attached hydrogen (secondary N) is 1. The van der Waals surface area contributed by atoms with Gasteiger partial charge in [0.25, 0.3) is 0 Å². The van der Waals surface area contributed by atoms with Crippen LogP contribution in [-0.2, 0) is 9.53 Å². The molecule has 12 heavy (non-hydrogen) atoms.